The maximum atomic E-state index is 11.9. The predicted molar refractivity (Wildman–Crippen MR) is 79.9 cm³/mol. The van der Waals surface area contributed by atoms with Crippen LogP contribution in [-0.4, -0.2) is 30.9 Å². The summed E-state index contributed by atoms with van der Waals surface area (Å²) in [4.78, 5) is 13.7. The molecule has 0 bridgehead atoms. The van der Waals surface area contributed by atoms with Crippen molar-refractivity contribution in [2.45, 2.75) is 33.2 Å². The third kappa shape index (κ3) is 6.97. The first-order valence-electron chi connectivity index (χ1n) is 7.08. The van der Waals surface area contributed by atoms with Gasteiger partial charge in [-0.1, -0.05) is 44.2 Å². The lowest BCUT2D eigenvalue weighted by Gasteiger charge is -2.17. The summed E-state index contributed by atoms with van der Waals surface area (Å²) >= 11 is 0. The SMILES string of the molecule is CC(C)CCNCCC(=O)N(C)Cc1ccccc1. The number of nitrogens with one attached hydrogen (secondary N) is 1. The van der Waals surface area contributed by atoms with E-state index in [4.69, 9.17) is 0 Å². The molecular formula is C16H26N2O. The minimum Gasteiger partial charge on any atom is -0.341 e. The van der Waals surface area contributed by atoms with Crippen molar-refractivity contribution < 1.29 is 4.79 Å². The molecule has 1 rings (SSSR count). The van der Waals surface area contributed by atoms with E-state index >= 15 is 0 Å². The largest absolute Gasteiger partial charge is 0.341 e. The Labute approximate surface area is 117 Å². The first-order chi connectivity index (χ1) is 9.09. The first-order valence-corrected chi connectivity index (χ1v) is 7.08. The molecule has 0 unspecified atom stereocenters. The molecule has 0 aliphatic carbocycles. The van der Waals surface area contributed by atoms with Crippen LogP contribution in [0.5, 0.6) is 0 Å². The van der Waals surface area contributed by atoms with E-state index in [1.54, 1.807) is 4.90 Å². The van der Waals surface area contributed by atoms with Crippen molar-refractivity contribution in [1.29, 1.82) is 0 Å². The van der Waals surface area contributed by atoms with Crippen LogP contribution in [-0.2, 0) is 11.3 Å². The zero-order chi connectivity index (χ0) is 14.1. The second kappa shape index (κ2) is 8.70. The Morgan fingerprint density at radius 2 is 1.89 bits per heavy atom. The van der Waals surface area contributed by atoms with Gasteiger partial charge in [-0.05, 0) is 24.4 Å². The highest BCUT2D eigenvalue weighted by Gasteiger charge is 2.08. The smallest absolute Gasteiger partial charge is 0.223 e. The second-order valence-electron chi connectivity index (χ2n) is 5.42. The molecule has 1 N–H and O–H groups in total. The molecule has 0 heterocycles. The maximum absolute atomic E-state index is 11.9. The van der Waals surface area contributed by atoms with E-state index in [1.807, 2.05) is 37.4 Å². The van der Waals surface area contributed by atoms with E-state index in [1.165, 1.54) is 5.56 Å². The van der Waals surface area contributed by atoms with Crippen molar-refractivity contribution in [3.05, 3.63) is 35.9 Å². The molecule has 0 aliphatic heterocycles. The molecule has 0 fully saturated rings. The van der Waals surface area contributed by atoms with Crippen molar-refractivity contribution in [1.82, 2.24) is 10.2 Å². The summed E-state index contributed by atoms with van der Waals surface area (Å²) in [5.41, 5.74) is 1.17. The lowest BCUT2D eigenvalue weighted by atomic mass is 10.1. The van der Waals surface area contributed by atoms with Crippen molar-refractivity contribution in [2.75, 3.05) is 20.1 Å². The minimum atomic E-state index is 0.195. The van der Waals surface area contributed by atoms with Crippen LogP contribution in [0, 0.1) is 5.92 Å². The van der Waals surface area contributed by atoms with Crippen LogP contribution >= 0.6 is 0 Å². The Morgan fingerprint density at radius 3 is 2.53 bits per heavy atom. The van der Waals surface area contributed by atoms with Gasteiger partial charge in [0.1, 0.15) is 0 Å². The fraction of sp³-hybridized carbons (Fsp3) is 0.562. The molecule has 3 heteroatoms. The number of benzene rings is 1. The van der Waals surface area contributed by atoms with Crippen molar-refractivity contribution in [3.63, 3.8) is 0 Å². The Bertz CT molecular complexity index is 362. The van der Waals surface area contributed by atoms with Gasteiger partial charge >= 0.3 is 0 Å². The topological polar surface area (TPSA) is 32.3 Å². The van der Waals surface area contributed by atoms with Crippen molar-refractivity contribution in [2.24, 2.45) is 5.92 Å². The summed E-state index contributed by atoms with van der Waals surface area (Å²) in [5.74, 6) is 0.907. The quantitative estimate of drug-likeness (QED) is 0.731. The zero-order valence-electron chi connectivity index (χ0n) is 12.4. The molecule has 1 amide bonds. The summed E-state index contributed by atoms with van der Waals surface area (Å²) < 4.78 is 0. The van der Waals surface area contributed by atoms with Gasteiger partial charge in [-0.3, -0.25) is 4.79 Å². The molecule has 19 heavy (non-hydrogen) atoms. The highest BCUT2D eigenvalue weighted by molar-refractivity contribution is 5.76. The zero-order valence-corrected chi connectivity index (χ0v) is 12.4. The first kappa shape index (κ1) is 15.7. The van der Waals surface area contributed by atoms with Gasteiger partial charge in [0.2, 0.25) is 5.91 Å². The van der Waals surface area contributed by atoms with Crippen LogP contribution in [0.3, 0.4) is 0 Å². The van der Waals surface area contributed by atoms with Crippen LogP contribution in [0.4, 0.5) is 0 Å². The average Bonchev–Trinajstić information content (AvgIpc) is 2.38. The summed E-state index contributed by atoms with van der Waals surface area (Å²) in [6.07, 6.45) is 1.73. The standard InChI is InChI=1S/C16H26N2O/c1-14(2)9-11-17-12-10-16(19)18(3)13-15-7-5-4-6-8-15/h4-8,14,17H,9-13H2,1-3H3. The van der Waals surface area contributed by atoms with E-state index in [9.17, 15) is 4.79 Å². The normalized spacial score (nSPS) is 10.7. The third-order valence-corrected chi connectivity index (χ3v) is 3.10. The van der Waals surface area contributed by atoms with Gasteiger partial charge in [0.15, 0.2) is 0 Å². The van der Waals surface area contributed by atoms with Crippen molar-refractivity contribution >= 4 is 5.91 Å². The van der Waals surface area contributed by atoms with Gasteiger partial charge in [0, 0.05) is 26.6 Å². The Balaban J connectivity index is 2.18. The molecule has 1 aromatic rings. The van der Waals surface area contributed by atoms with Gasteiger partial charge in [0.25, 0.3) is 0 Å². The molecule has 0 saturated heterocycles. The van der Waals surface area contributed by atoms with E-state index in [0.717, 1.165) is 19.5 Å². The van der Waals surface area contributed by atoms with Gasteiger partial charge in [-0.25, -0.2) is 0 Å². The van der Waals surface area contributed by atoms with Crippen LogP contribution in [0.2, 0.25) is 0 Å². The molecule has 0 spiro atoms. The molecule has 0 saturated carbocycles. The fourth-order valence-corrected chi connectivity index (χ4v) is 1.85. The van der Waals surface area contributed by atoms with Gasteiger partial charge < -0.3 is 10.2 Å². The Kier molecular flexibility index (Phi) is 7.19. The number of nitrogens with zero attached hydrogens (tertiary/aromatic N) is 1. The van der Waals surface area contributed by atoms with Crippen LogP contribution in [0.1, 0.15) is 32.3 Å². The Morgan fingerprint density at radius 1 is 1.21 bits per heavy atom. The van der Waals surface area contributed by atoms with E-state index in [-0.39, 0.29) is 5.91 Å². The molecular weight excluding hydrogens is 236 g/mol. The highest BCUT2D eigenvalue weighted by atomic mass is 16.2. The molecule has 0 aromatic heterocycles. The summed E-state index contributed by atoms with van der Waals surface area (Å²) in [6, 6.07) is 10.1. The average molecular weight is 262 g/mol. The van der Waals surface area contributed by atoms with E-state index in [2.05, 4.69) is 19.2 Å². The number of amides is 1. The summed E-state index contributed by atoms with van der Waals surface area (Å²) in [6.45, 7) is 6.87. The lowest BCUT2D eigenvalue weighted by Crippen LogP contribution is -2.30. The second-order valence-corrected chi connectivity index (χ2v) is 5.42. The van der Waals surface area contributed by atoms with Gasteiger partial charge in [0.05, 0.1) is 0 Å². The van der Waals surface area contributed by atoms with Gasteiger partial charge in [-0.15, -0.1) is 0 Å². The van der Waals surface area contributed by atoms with Crippen molar-refractivity contribution in [3.8, 4) is 0 Å². The van der Waals surface area contributed by atoms with Crippen LogP contribution in [0.25, 0.3) is 0 Å². The molecule has 3 nitrogen and oxygen atoms in total. The number of hydrogen-bond donors (Lipinski definition) is 1. The predicted octanol–water partition coefficient (Wildman–Crippen LogP) is 2.67. The highest BCUT2D eigenvalue weighted by Crippen LogP contribution is 2.03. The Hall–Kier alpha value is -1.35. The molecule has 0 atom stereocenters. The van der Waals surface area contributed by atoms with Crippen LogP contribution in [0.15, 0.2) is 30.3 Å². The summed E-state index contributed by atoms with van der Waals surface area (Å²) in [5, 5.41) is 3.32. The number of hydrogen-bond acceptors (Lipinski definition) is 2. The third-order valence-electron chi connectivity index (χ3n) is 3.10. The van der Waals surface area contributed by atoms with Gasteiger partial charge in [-0.2, -0.15) is 0 Å². The molecule has 106 valence electrons. The summed E-state index contributed by atoms with van der Waals surface area (Å²) in [7, 11) is 1.86. The number of rotatable bonds is 8. The monoisotopic (exact) mass is 262 g/mol. The molecule has 0 aliphatic rings. The molecule has 0 radical (unpaired) electrons. The maximum Gasteiger partial charge on any atom is 0.223 e. The lowest BCUT2D eigenvalue weighted by molar-refractivity contribution is -0.130. The molecule has 1 aromatic carbocycles. The minimum absolute atomic E-state index is 0.195. The van der Waals surface area contributed by atoms with Crippen LogP contribution < -0.4 is 5.32 Å². The fourth-order valence-electron chi connectivity index (χ4n) is 1.85. The number of carbonyl (C=O) groups is 1. The van der Waals surface area contributed by atoms with E-state index < -0.39 is 0 Å². The van der Waals surface area contributed by atoms with E-state index in [0.29, 0.717) is 18.9 Å². The number of carbonyl (C=O) groups excluding carboxylic acids is 1.